The predicted molar refractivity (Wildman–Crippen MR) is 112 cm³/mol. The summed E-state index contributed by atoms with van der Waals surface area (Å²) >= 11 is 1.34. The average molecular weight is 413 g/mol. The molecule has 1 N–H and O–H groups in total. The van der Waals surface area contributed by atoms with E-state index in [1.807, 2.05) is 68.4 Å². The molecule has 0 unspecified atom stereocenters. The first-order valence-electron chi connectivity index (χ1n) is 9.34. The van der Waals surface area contributed by atoms with E-state index in [-0.39, 0.29) is 24.3 Å². The van der Waals surface area contributed by atoms with Crippen LogP contribution in [0.2, 0.25) is 0 Å². The Morgan fingerprint density at radius 3 is 2.62 bits per heavy atom. The molecule has 0 fully saturated rings. The van der Waals surface area contributed by atoms with E-state index in [4.69, 9.17) is 13.9 Å². The molecule has 29 heavy (non-hydrogen) atoms. The Balaban J connectivity index is 1.40. The summed E-state index contributed by atoms with van der Waals surface area (Å²) in [6.45, 7) is 4.02. The molecule has 1 aromatic heterocycles. The number of nitrogens with one attached hydrogen (secondary N) is 1. The number of carbonyl (C=O) groups excluding carboxylic acids is 2. The standard InChI is InChI=1S/C22H23NO5S/c1-3-26-17-8-10-18(11-9-17)29-14-22(25)27-13-21(24)23-15(2)20-12-16-6-4-5-7-19(16)28-20/h4-12,15H,3,13-14H2,1-2H3,(H,23,24)/t15-/m0/s1. The fourth-order valence-electron chi connectivity index (χ4n) is 2.70. The zero-order valence-corrected chi connectivity index (χ0v) is 17.2. The SMILES string of the molecule is CCOc1ccc(SCC(=O)OCC(=O)N[C@@H](C)c2cc3ccccc3o2)cc1. The number of thioether (sulfide) groups is 1. The van der Waals surface area contributed by atoms with Gasteiger partial charge in [-0.1, -0.05) is 18.2 Å². The van der Waals surface area contributed by atoms with Crippen molar-refractivity contribution in [2.75, 3.05) is 19.0 Å². The van der Waals surface area contributed by atoms with Gasteiger partial charge >= 0.3 is 5.97 Å². The Hall–Kier alpha value is -2.93. The van der Waals surface area contributed by atoms with Gasteiger partial charge in [0.2, 0.25) is 0 Å². The van der Waals surface area contributed by atoms with Gasteiger partial charge in [0.25, 0.3) is 5.91 Å². The summed E-state index contributed by atoms with van der Waals surface area (Å²) in [6, 6.07) is 16.7. The third kappa shape index (κ3) is 6.02. The van der Waals surface area contributed by atoms with Gasteiger partial charge in [0.1, 0.15) is 17.1 Å². The second-order valence-corrected chi connectivity index (χ2v) is 7.38. The van der Waals surface area contributed by atoms with Gasteiger partial charge in [-0.2, -0.15) is 0 Å². The molecule has 3 rings (SSSR count). The van der Waals surface area contributed by atoms with Crippen LogP contribution in [0.3, 0.4) is 0 Å². The molecular weight excluding hydrogens is 390 g/mol. The lowest BCUT2D eigenvalue weighted by Gasteiger charge is -2.11. The van der Waals surface area contributed by atoms with Crippen LogP contribution in [0.25, 0.3) is 11.0 Å². The van der Waals surface area contributed by atoms with Crippen LogP contribution >= 0.6 is 11.8 Å². The highest BCUT2D eigenvalue weighted by Crippen LogP contribution is 2.24. The predicted octanol–water partition coefficient (Wildman–Crippen LogP) is 4.34. The van der Waals surface area contributed by atoms with E-state index in [1.54, 1.807) is 0 Å². The Morgan fingerprint density at radius 1 is 1.14 bits per heavy atom. The van der Waals surface area contributed by atoms with Crippen LogP contribution in [-0.4, -0.2) is 30.8 Å². The van der Waals surface area contributed by atoms with Crippen LogP contribution in [-0.2, 0) is 14.3 Å². The van der Waals surface area contributed by atoms with Crippen molar-refractivity contribution in [3.63, 3.8) is 0 Å². The lowest BCUT2D eigenvalue weighted by molar-refractivity contribution is -0.146. The minimum atomic E-state index is -0.449. The van der Waals surface area contributed by atoms with Gasteiger partial charge in [-0.15, -0.1) is 11.8 Å². The van der Waals surface area contributed by atoms with Gasteiger partial charge in [-0.25, -0.2) is 0 Å². The van der Waals surface area contributed by atoms with Gasteiger partial charge in [0.15, 0.2) is 6.61 Å². The Kier molecular flexibility index (Phi) is 7.19. The van der Waals surface area contributed by atoms with Crippen molar-refractivity contribution in [2.24, 2.45) is 0 Å². The van der Waals surface area contributed by atoms with E-state index in [2.05, 4.69) is 5.32 Å². The maximum atomic E-state index is 12.1. The Labute approximate surface area is 173 Å². The summed E-state index contributed by atoms with van der Waals surface area (Å²) in [5.74, 6) is 0.736. The summed E-state index contributed by atoms with van der Waals surface area (Å²) in [6.07, 6.45) is 0. The highest BCUT2D eigenvalue weighted by atomic mass is 32.2. The van der Waals surface area contributed by atoms with Gasteiger partial charge in [-0.3, -0.25) is 9.59 Å². The lowest BCUT2D eigenvalue weighted by Crippen LogP contribution is -2.31. The molecule has 0 aliphatic rings. The second kappa shape index (κ2) is 10.0. The first-order valence-corrected chi connectivity index (χ1v) is 10.3. The second-order valence-electron chi connectivity index (χ2n) is 6.33. The van der Waals surface area contributed by atoms with Gasteiger partial charge in [0, 0.05) is 10.3 Å². The molecule has 0 radical (unpaired) electrons. The molecule has 1 heterocycles. The number of ether oxygens (including phenoxy) is 2. The molecule has 1 atom stereocenters. The topological polar surface area (TPSA) is 77.8 Å². The van der Waals surface area contributed by atoms with Gasteiger partial charge in [-0.05, 0) is 50.2 Å². The normalized spacial score (nSPS) is 11.8. The third-order valence-electron chi connectivity index (χ3n) is 4.10. The largest absolute Gasteiger partial charge is 0.494 e. The molecular formula is C22H23NO5S. The Bertz CT molecular complexity index is 934. The number of furan rings is 1. The summed E-state index contributed by atoms with van der Waals surface area (Å²) < 4.78 is 16.2. The van der Waals surface area contributed by atoms with Crippen molar-refractivity contribution in [3.05, 3.63) is 60.4 Å². The van der Waals surface area contributed by atoms with Gasteiger partial charge < -0.3 is 19.2 Å². The van der Waals surface area contributed by atoms with Crippen LogP contribution in [0.4, 0.5) is 0 Å². The molecule has 0 bridgehead atoms. The molecule has 0 aliphatic heterocycles. The van der Waals surface area contributed by atoms with Crippen molar-refractivity contribution in [2.45, 2.75) is 24.8 Å². The van der Waals surface area contributed by atoms with E-state index in [1.165, 1.54) is 11.8 Å². The number of carbonyl (C=O) groups is 2. The molecule has 1 amide bonds. The molecule has 152 valence electrons. The first-order chi connectivity index (χ1) is 14.0. The highest BCUT2D eigenvalue weighted by molar-refractivity contribution is 8.00. The number of amides is 1. The summed E-state index contributed by atoms with van der Waals surface area (Å²) in [5, 5.41) is 3.75. The molecule has 7 heteroatoms. The monoisotopic (exact) mass is 413 g/mol. The zero-order chi connectivity index (χ0) is 20.6. The van der Waals surface area contributed by atoms with E-state index < -0.39 is 5.97 Å². The van der Waals surface area contributed by atoms with E-state index in [9.17, 15) is 9.59 Å². The number of fused-ring (bicyclic) bond motifs is 1. The number of hydrogen-bond acceptors (Lipinski definition) is 6. The number of esters is 1. The van der Waals surface area contributed by atoms with Crippen molar-refractivity contribution < 1.29 is 23.5 Å². The Morgan fingerprint density at radius 2 is 1.90 bits per heavy atom. The molecule has 0 spiro atoms. The summed E-state index contributed by atoms with van der Waals surface area (Å²) in [5.41, 5.74) is 0.765. The molecule has 0 saturated carbocycles. The number of hydrogen-bond donors (Lipinski definition) is 1. The number of benzene rings is 2. The summed E-state index contributed by atoms with van der Waals surface area (Å²) in [4.78, 5) is 24.9. The third-order valence-corrected chi connectivity index (χ3v) is 5.09. The van der Waals surface area contributed by atoms with Crippen molar-refractivity contribution >= 4 is 34.6 Å². The van der Waals surface area contributed by atoms with E-state index >= 15 is 0 Å². The molecule has 0 saturated heterocycles. The lowest BCUT2D eigenvalue weighted by atomic mass is 10.2. The van der Waals surface area contributed by atoms with Crippen LogP contribution in [0.15, 0.2) is 63.9 Å². The van der Waals surface area contributed by atoms with Crippen molar-refractivity contribution in [1.29, 1.82) is 0 Å². The van der Waals surface area contributed by atoms with Crippen LogP contribution in [0.5, 0.6) is 5.75 Å². The van der Waals surface area contributed by atoms with Crippen LogP contribution in [0.1, 0.15) is 25.6 Å². The highest BCUT2D eigenvalue weighted by Gasteiger charge is 2.15. The minimum absolute atomic E-state index is 0.125. The molecule has 2 aromatic carbocycles. The average Bonchev–Trinajstić information content (AvgIpc) is 3.16. The van der Waals surface area contributed by atoms with E-state index in [0.29, 0.717) is 12.4 Å². The first kappa shape index (κ1) is 20.8. The fraction of sp³-hybridized carbons (Fsp3) is 0.273. The quantitative estimate of drug-likeness (QED) is 0.415. The number of para-hydroxylation sites is 1. The maximum absolute atomic E-state index is 12.1. The maximum Gasteiger partial charge on any atom is 0.316 e. The number of rotatable bonds is 9. The zero-order valence-electron chi connectivity index (χ0n) is 16.3. The molecule has 3 aromatic rings. The molecule has 0 aliphatic carbocycles. The minimum Gasteiger partial charge on any atom is -0.494 e. The van der Waals surface area contributed by atoms with Crippen LogP contribution < -0.4 is 10.1 Å². The molecule has 6 nitrogen and oxygen atoms in total. The fourth-order valence-corrected chi connectivity index (χ4v) is 3.40. The summed E-state index contributed by atoms with van der Waals surface area (Å²) in [7, 11) is 0. The van der Waals surface area contributed by atoms with Crippen molar-refractivity contribution in [1.82, 2.24) is 5.32 Å². The van der Waals surface area contributed by atoms with E-state index in [0.717, 1.165) is 21.6 Å². The van der Waals surface area contributed by atoms with Crippen molar-refractivity contribution in [3.8, 4) is 5.75 Å². The van der Waals surface area contributed by atoms with Gasteiger partial charge in [0.05, 0.1) is 18.4 Å². The van der Waals surface area contributed by atoms with Crippen LogP contribution in [0, 0.1) is 0 Å². The smallest absolute Gasteiger partial charge is 0.316 e.